The van der Waals surface area contributed by atoms with Crippen LogP contribution in [0.25, 0.3) is 0 Å². The number of benzene rings is 1. The number of amides is 1. The summed E-state index contributed by atoms with van der Waals surface area (Å²) in [5.74, 6) is 0.875. The standard InChI is InChI=1S/C18H25N3O2/c1-13(18-14(2)20-21(4)15(18)3)19-17(22)11-8-12-23-16-9-6-5-7-10-16/h5-7,9-10,13H,8,11-12H2,1-4H3,(H,19,22). The summed E-state index contributed by atoms with van der Waals surface area (Å²) in [7, 11) is 1.92. The molecule has 2 rings (SSSR count). The van der Waals surface area contributed by atoms with Gasteiger partial charge in [0.25, 0.3) is 0 Å². The summed E-state index contributed by atoms with van der Waals surface area (Å²) in [6.07, 6.45) is 1.15. The maximum absolute atomic E-state index is 12.1. The third-order valence-electron chi connectivity index (χ3n) is 3.94. The van der Waals surface area contributed by atoms with Crippen LogP contribution < -0.4 is 10.1 Å². The highest BCUT2D eigenvalue weighted by Crippen LogP contribution is 2.20. The van der Waals surface area contributed by atoms with Crippen molar-refractivity contribution in [3.05, 3.63) is 47.3 Å². The Bertz CT molecular complexity index is 650. The number of aromatic nitrogens is 2. The van der Waals surface area contributed by atoms with Crippen molar-refractivity contribution in [2.24, 2.45) is 7.05 Å². The van der Waals surface area contributed by atoms with Gasteiger partial charge < -0.3 is 10.1 Å². The fourth-order valence-electron chi connectivity index (χ4n) is 2.74. The molecular formula is C18H25N3O2. The number of rotatable bonds is 7. The maximum atomic E-state index is 12.1. The fraction of sp³-hybridized carbons (Fsp3) is 0.444. The van der Waals surface area contributed by atoms with Gasteiger partial charge in [0.2, 0.25) is 5.91 Å². The molecule has 0 saturated heterocycles. The van der Waals surface area contributed by atoms with Crippen molar-refractivity contribution in [2.45, 2.75) is 39.7 Å². The van der Waals surface area contributed by atoms with Crippen molar-refractivity contribution in [1.29, 1.82) is 0 Å². The number of nitrogens with zero attached hydrogens (tertiary/aromatic N) is 2. The molecule has 1 atom stereocenters. The van der Waals surface area contributed by atoms with Gasteiger partial charge in [0.1, 0.15) is 5.75 Å². The monoisotopic (exact) mass is 315 g/mol. The minimum Gasteiger partial charge on any atom is -0.494 e. The Morgan fingerprint density at radius 3 is 2.61 bits per heavy atom. The van der Waals surface area contributed by atoms with Crippen molar-refractivity contribution >= 4 is 5.91 Å². The smallest absolute Gasteiger partial charge is 0.220 e. The van der Waals surface area contributed by atoms with Crippen molar-refractivity contribution in [3.8, 4) is 5.75 Å². The Hall–Kier alpha value is -2.30. The predicted octanol–water partition coefficient (Wildman–Crippen LogP) is 3.07. The highest BCUT2D eigenvalue weighted by atomic mass is 16.5. The topological polar surface area (TPSA) is 56.2 Å². The zero-order valence-electron chi connectivity index (χ0n) is 14.3. The van der Waals surface area contributed by atoms with E-state index in [2.05, 4.69) is 10.4 Å². The Labute approximate surface area is 137 Å². The van der Waals surface area contributed by atoms with E-state index in [1.54, 1.807) is 0 Å². The summed E-state index contributed by atoms with van der Waals surface area (Å²) in [5, 5.41) is 7.44. The molecule has 5 heteroatoms. The summed E-state index contributed by atoms with van der Waals surface area (Å²) < 4.78 is 7.44. The van der Waals surface area contributed by atoms with E-state index >= 15 is 0 Å². The average molecular weight is 315 g/mol. The molecule has 1 N–H and O–H groups in total. The molecule has 124 valence electrons. The molecule has 0 aliphatic carbocycles. The lowest BCUT2D eigenvalue weighted by atomic mass is 10.1. The molecule has 5 nitrogen and oxygen atoms in total. The molecule has 0 bridgehead atoms. The summed E-state index contributed by atoms with van der Waals surface area (Å²) in [4.78, 5) is 12.1. The predicted molar refractivity (Wildman–Crippen MR) is 90.4 cm³/mol. The summed E-state index contributed by atoms with van der Waals surface area (Å²) in [6.45, 7) is 6.52. The van der Waals surface area contributed by atoms with Gasteiger partial charge in [0, 0.05) is 24.7 Å². The van der Waals surface area contributed by atoms with Gasteiger partial charge >= 0.3 is 0 Å². The van der Waals surface area contributed by atoms with Crippen LogP contribution in [0.2, 0.25) is 0 Å². The van der Waals surface area contributed by atoms with E-state index < -0.39 is 0 Å². The van der Waals surface area contributed by atoms with Crippen LogP contribution in [0.4, 0.5) is 0 Å². The number of hydrogen-bond acceptors (Lipinski definition) is 3. The van der Waals surface area contributed by atoms with E-state index in [1.165, 1.54) is 0 Å². The molecule has 0 radical (unpaired) electrons. The second-order valence-corrected chi connectivity index (χ2v) is 5.76. The number of para-hydroxylation sites is 1. The van der Waals surface area contributed by atoms with Crippen LogP contribution in [0.1, 0.15) is 42.8 Å². The first kappa shape index (κ1) is 17.1. The molecule has 0 aliphatic heterocycles. The Kier molecular flexibility index (Phi) is 5.79. The maximum Gasteiger partial charge on any atom is 0.220 e. The van der Waals surface area contributed by atoms with E-state index in [4.69, 9.17) is 4.74 Å². The molecule has 1 aromatic carbocycles. The van der Waals surface area contributed by atoms with E-state index in [9.17, 15) is 4.79 Å². The molecule has 1 amide bonds. The van der Waals surface area contributed by atoms with Crippen LogP contribution >= 0.6 is 0 Å². The van der Waals surface area contributed by atoms with Gasteiger partial charge in [-0.2, -0.15) is 5.10 Å². The zero-order chi connectivity index (χ0) is 16.8. The highest BCUT2D eigenvalue weighted by molar-refractivity contribution is 5.76. The molecular weight excluding hydrogens is 290 g/mol. The van der Waals surface area contributed by atoms with Crippen molar-refractivity contribution in [3.63, 3.8) is 0 Å². The van der Waals surface area contributed by atoms with Crippen molar-refractivity contribution in [1.82, 2.24) is 15.1 Å². The Morgan fingerprint density at radius 1 is 1.30 bits per heavy atom. The summed E-state index contributed by atoms with van der Waals surface area (Å²) in [6, 6.07) is 9.60. The number of nitrogens with one attached hydrogen (secondary N) is 1. The van der Waals surface area contributed by atoms with E-state index in [-0.39, 0.29) is 11.9 Å². The zero-order valence-corrected chi connectivity index (χ0v) is 14.3. The molecule has 1 unspecified atom stereocenters. The molecule has 0 fully saturated rings. The second-order valence-electron chi connectivity index (χ2n) is 5.76. The van der Waals surface area contributed by atoms with Crippen molar-refractivity contribution in [2.75, 3.05) is 6.61 Å². The summed E-state index contributed by atoms with van der Waals surface area (Å²) >= 11 is 0. The van der Waals surface area contributed by atoms with Gasteiger partial charge in [0.15, 0.2) is 0 Å². The molecule has 0 saturated carbocycles. The first-order valence-electron chi connectivity index (χ1n) is 7.96. The number of ether oxygens (including phenoxy) is 1. The SMILES string of the molecule is Cc1nn(C)c(C)c1C(C)NC(=O)CCCOc1ccccc1. The van der Waals surface area contributed by atoms with Gasteiger partial charge in [-0.25, -0.2) is 0 Å². The molecule has 0 aliphatic rings. The lowest BCUT2D eigenvalue weighted by molar-refractivity contribution is -0.121. The first-order valence-corrected chi connectivity index (χ1v) is 7.96. The first-order chi connectivity index (χ1) is 11.0. The van der Waals surface area contributed by atoms with Crippen LogP contribution in [0.3, 0.4) is 0 Å². The Morgan fingerprint density at radius 2 is 2.00 bits per heavy atom. The van der Waals surface area contributed by atoms with Gasteiger partial charge in [-0.15, -0.1) is 0 Å². The van der Waals surface area contributed by atoms with Gasteiger partial charge in [0.05, 0.1) is 18.3 Å². The third-order valence-corrected chi connectivity index (χ3v) is 3.94. The number of carbonyl (C=O) groups is 1. The lowest BCUT2D eigenvalue weighted by Crippen LogP contribution is -2.27. The van der Waals surface area contributed by atoms with Crippen molar-refractivity contribution < 1.29 is 9.53 Å². The molecule has 1 aromatic heterocycles. The average Bonchev–Trinajstić information content (AvgIpc) is 2.77. The lowest BCUT2D eigenvalue weighted by Gasteiger charge is -2.15. The second kappa shape index (κ2) is 7.81. The minimum absolute atomic E-state index is 0.0359. The fourth-order valence-corrected chi connectivity index (χ4v) is 2.74. The van der Waals surface area contributed by atoms with Crippen LogP contribution in [-0.4, -0.2) is 22.3 Å². The summed E-state index contributed by atoms with van der Waals surface area (Å²) in [5.41, 5.74) is 3.15. The van der Waals surface area contributed by atoms with Gasteiger partial charge in [-0.3, -0.25) is 9.48 Å². The third kappa shape index (κ3) is 4.58. The molecule has 1 heterocycles. The van der Waals surface area contributed by atoms with Crippen LogP contribution in [0, 0.1) is 13.8 Å². The quantitative estimate of drug-likeness (QED) is 0.799. The van der Waals surface area contributed by atoms with Crippen LogP contribution in [0.15, 0.2) is 30.3 Å². The van der Waals surface area contributed by atoms with Gasteiger partial charge in [-0.1, -0.05) is 18.2 Å². The number of aryl methyl sites for hydroxylation is 2. The van der Waals surface area contributed by atoms with Gasteiger partial charge in [-0.05, 0) is 39.3 Å². The molecule has 0 spiro atoms. The number of hydrogen-bond donors (Lipinski definition) is 1. The largest absolute Gasteiger partial charge is 0.494 e. The molecule has 2 aromatic rings. The molecule has 23 heavy (non-hydrogen) atoms. The van der Waals surface area contributed by atoms with E-state index in [0.29, 0.717) is 19.4 Å². The number of carbonyl (C=O) groups excluding carboxylic acids is 1. The van der Waals surface area contributed by atoms with Crippen LogP contribution in [-0.2, 0) is 11.8 Å². The highest BCUT2D eigenvalue weighted by Gasteiger charge is 2.17. The van der Waals surface area contributed by atoms with E-state index in [1.807, 2.05) is 62.8 Å². The Balaban J connectivity index is 1.76. The van der Waals surface area contributed by atoms with E-state index in [0.717, 1.165) is 22.7 Å². The van der Waals surface area contributed by atoms with Crippen LogP contribution in [0.5, 0.6) is 5.75 Å². The minimum atomic E-state index is -0.0359. The normalized spacial score (nSPS) is 12.0.